The number of hydrogen-bond donors (Lipinski definition) is 0. The van der Waals surface area contributed by atoms with E-state index in [1.807, 2.05) is 0 Å². The zero-order valence-corrected chi connectivity index (χ0v) is 9.60. The van der Waals surface area contributed by atoms with Crippen molar-refractivity contribution in [2.24, 2.45) is 0 Å². The van der Waals surface area contributed by atoms with E-state index in [4.69, 9.17) is 4.74 Å². The molecule has 5 heteroatoms. The van der Waals surface area contributed by atoms with Crippen molar-refractivity contribution < 1.29 is 14.3 Å². The van der Waals surface area contributed by atoms with Gasteiger partial charge in [-0.05, 0) is 26.0 Å². The van der Waals surface area contributed by atoms with Crippen LogP contribution in [-0.4, -0.2) is 24.3 Å². The van der Waals surface area contributed by atoms with Crippen molar-refractivity contribution >= 4 is 5.97 Å². The van der Waals surface area contributed by atoms with E-state index in [0.29, 0.717) is 6.61 Å². The molecule has 0 amide bonds. The summed E-state index contributed by atoms with van der Waals surface area (Å²) < 4.78 is 11.0. The molecule has 0 N–H and O–H groups in total. The summed E-state index contributed by atoms with van der Waals surface area (Å²) in [5.41, 5.74) is -0.331. The molecule has 0 spiro atoms. The lowest BCUT2D eigenvalue weighted by molar-refractivity contribution is -0.144. The first kappa shape index (κ1) is 12.3. The molecule has 1 rings (SSSR count). The first-order chi connectivity index (χ1) is 7.61. The summed E-state index contributed by atoms with van der Waals surface area (Å²) in [4.78, 5) is 23.2. The van der Waals surface area contributed by atoms with E-state index in [0.717, 1.165) is 0 Å². The van der Waals surface area contributed by atoms with Crippen LogP contribution in [0, 0.1) is 0 Å². The molecule has 0 saturated heterocycles. The highest BCUT2D eigenvalue weighted by Crippen LogP contribution is 2.08. The number of esters is 1. The second-order valence-electron chi connectivity index (χ2n) is 3.22. The molecular formula is C11H15NO4. The molecular weight excluding hydrogens is 210 g/mol. The minimum atomic E-state index is -0.655. The average molecular weight is 225 g/mol. The van der Waals surface area contributed by atoms with Crippen LogP contribution in [0.1, 0.15) is 19.9 Å². The molecule has 1 aromatic heterocycles. The predicted molar refractivity (Wildman–Crippen MR) is 58.6 cm³/mol. The predicted octanol–water partition coefficient (Wildman–Crippen LogP) is 0.981. The van der Waals surface area contributed by atoms with Crippen molar-refractivity contribution in [3.05, 3.63) is 28.7 Å². The quantitative estimate of drug-likeness (QED) is 0.717. The van der Waals surface area contributed by atoms with Gasteiger partial charge in [-0.25, -0.2) is 4.79 Å². The van der Waals surface area contributed by atoms with E-state index in [-0.39, 0.29) is 11.3 Å². The highest BCUT2D eigenvalue weighted by Gasteiger charge is 2.17. The first-order valence-electron chi connectivity index (χ1n) is 5.03. The highest BCUT2D eigenvalue weighted by atomic mass is 16.5. The van der Waals surface area contributed by atoms with Crippen LogP contribution in [0.25, 0.3) is 0 Å². The minimum Gasteiger partial charge on any atom is -0.488 e. The number of pyridine rings is 1. The Balaban J connectivity index is 3.10. The third-order valence-corrected chi connectivity index (χ3v) is 2.20. The summed E-state index contributed by atoms with van der Waals surface area (Å²) in [6.45, 7) is 3.80. The van der Waals surface area contributed by atoms with E-state index in [1.165, 1.54) is 17.9 Å². The molecule has 1 atom stereocenters. The van der Waals surface area contributed by atoms with Crippen molar-refractivity contribution in [3.63, 3.8) is 0 Å². The van der Waals surface area contributed by atoms with E-state index in [9.17, 15) is 9.59 Å². The molecule has 5 nitrogen and oxygen atoms in total. The van der Waals surface area contributed by atoms with Gasteiger partial charge in [0.15, 0.2) is 5.75 Å². The zero-order chi connectivity index (χ0) is 12.1. The summed E-state index contributed by atoms with van der Waals surface area (Å²) in [5, 5.41) is 0. The highest BCUT2D eigenvalue weighted by molar-refractivity contribution is 5.73. The smallest absolute Gasteiger partial charge is 0.328 e. The van der Waals surface area contributed by atoms with Gasteiger partial charge in [0.25, 0.3) is 5.56 Å². The Morgan fingerprint density at radius 1 is 1.56 bits per heavy atom. The summed E-state index contributed by atoms with van der Waals surface area (Å²) in [7, 11) is 1.29. The molecule has 0 fully saturated rings. The Morgan fingerprint density at radius 2 is 2.25 bits per heavy atom. The maximum absolute atomic E-state index is 11.9. The van der Waals surface area contributed by atoms with E-state index in [2.05, 4.69) is 4.74 Å². The van der Waals surface area contributed by atoms with Gasteiger partial charge in [-0.15, -0.1) is 0 Å². The number of hydrogen-bond acceptors (Lipinski definition) is 4. The lowest BCUT2D eigenvalue weighted by atomic mass is 10.3. The summed E-state index contributed by atoms with van der Waals surface area (Å²) in [6, 6.07) is 2.58. The van der Waals surface area contributed by atoms with E-state index in [1.54, 1.807) is 26.0 Å². The number of ether oxygens (including phenoxy) is 2. The van der Waals surface area contributed by atoms with Crippen LogP contribution in [-0.2, 0) is 9.53 Å². The summed E-state index contributed by atoms with van der Waals surface area (Å²) in [6.07, 6.45) is 1.53. The topological polar surface area (TPSA) is 57.5 Å². The number of nitrogens with zero attached hydrogens (tertiary/aromatic N) is 1. The maximum Gasteiger partial charge on any atom is 0.328 e. The third-order valence-electron chi connectivity index (χ3n) is 2.20. The van der Waals surface area contributed by atoms with Gasteiger partial charge in [-0.3, -0.25) is 9.36 Å². The van der Waals surface area contributed by atoms with Gasteiger partial charge in [0, 0.05) is 6.20 Å². The number of methoxy groups -OCH3 is 1. The van der Waals surface area contributed by atoms with Crippen LogP contribution < -0.4 is 10.3 Å². The van der Waals surface area contributed by atoms with E-state index < -0.39 is 12.0 Å². The molecule has 0 aromatic carbocycles. The van der Waals surface area contributed by atoms with Crippen molar-refractivity contribution in [1.82, 2.24) is 4.57 Å². The Bertz CT molecular complexity index is 424. The average Bonchev–Trinajstić information content (AvgIpc) is 2.30. The molecule has 0 radical (unpaired) electrons. The van der Waals surface area contributed by atoms with Crippen molar-refractivity contribution in [2.45, 2.75) is 19.9 Å². The molecule has 0 aliphatic carbocycles. The summed E-state index contributed by atoms with van der Waals surface area (Å²) >= 11 is 0. The summed E-state index contributed by atoms with van der Waals surface area (Å²) in [5.74, 6) is -0.225. The number of carbonyl (C=O) groups is 1. The lowest BCUT2D eigenvalue weighted by Gasteiger charge is -2.13. The fourth-order valence-electron chi connectivity index (χ4n) is 1.34. The van der Waals surface area contributed by atoms with Crippen molar-refractivity contribution in [3.8, 4) is 5.75 Å². The Labute approximate surface area is 93.6 Å². The molecule has 0 bridgehead atoms. The second-order valence-corrected chi connectivity index (χ2v) is 3.22. The number of rotatable bonds is 4. The maximum atomic E-state index is 11.9. The normalized spacial score (nSPS) is 11.9. The molecule has 88 valence electrons. The van der Waals surface area contributed by atoms with Gasteiger partial charge in [-0.1, -0.05) is 0 Å². The Kier molecular flexibility index (Phi) is 4.10. The first-order valence-corrected chi connectivity index (χ1v) is 5.03. The molecule has 1 aromatic rings. The molecule has 1 heterocycles. The van der Waals surface area contributed by atoms with Gasteiger partial charge in [0.1, 0.15) is 6.04 Å². The van der Waals surface area contributed by atoms with Gasteiger partial charge in [0.05, 0.1) is 13.7 Å². The van der Waals surface area contributed by atoms with Crippen molar-refractivity contribution in [2.75, 3.05) is 13.7 Å². The van der Waals surface area contributed by atoms with Crippen LogP contribution in [0.5, 0.6) is 5.75 Å². The van der Waals surface area contributed by atoms with Gasteiger partial charge >= 0.3 is 5.97 Å². The zero-order valence-electron chi connectivity index (χ0n) is 9.60. The largest absolute Gasteiger partial charge is 0.488 e. The lowest BCUT2D eigenvalue weighted by Crippen LogP contribution is -2.29. The molecule has 0 aliphatic heterocycles. The molecule has 16 heavy (non-hydrogen) atoms. The minimum absolute atomic E-state index is 0.237. The second kappa shape index (κ2) is 5.34. The fraction of sp³-hybridized carbons (Fsp3) is 0.455. The third kappa shape index (κ3) is 2.42. The van der Waals surface area contributed by atoms with Gasteiger partial charge in [-0.2, -0.15) is 0 Å². The van der Waals surface area contributed by atoms with Crippen molar-refractivity contribution in [1.29, 1.82) is 0 Å². The van der Waals surface area contributed by atoms with Gasteiger partial charge in [0.2, 0.25) is 0 Å². The van der Waals surface area contributed by atoms with Crippen LogP contribution in [0.4, 0.5) is 0 Å². The number of carbonyl (C=O) groups excluding carboxylic acids is 1. The number of aromatic nitrogens is 1. The van der Waals surface area contributed by atoms with E-state index >= 15 is 0 Å². The molecule has 1 unspecified atom stereocenters. The Hall–Kier alpha value is -1.78. The monoisotopic (exact) mass is 225 g/mol. The standard InChI is InChI=1S/C11H15NO4/c1-4-16-9-6-5-7-12(10(9)13)8(2)11(14)15-3/h5-8H,4H2,1-3H3. The SMILES string of the molecule is CCOc1cccn(C(C)C(=O)OC)c1=O. The fourth-order valence-corrected chi connectivity index (χ4v) is 1.34. The van der Waals surface area contributed by atoms with Crippen LogP contribution in [0.2, 0.25) is 0 Å². The van der Waals surface area contributed by atoms with Crippen LogP contribution >= 0.6 is 0 Å². The van der Waals surface area contributed by atoms with Gasteiger partial charge < -0.3 is 9.47 Å². The molecule has 0 saturated carbocycles. The Morgan fingerprint density at radius 3 is 2.81 bits per heavy atom. The molecule has 0 aliphatic rings. The van der Waals surface area contributed by atoms with Crippen LogP contribution in [0.3, 0.4) is 0 Å². The van der Waals surface area contributed by atoms with Crippen LogP contribution in [0.15, 0.2) is 23.1 Å².